The highest BCUT2D eigenvalue weighted by atomic mass is 32.2. The van der Waals surface area contributed by atoms with Crippen LogP contribution in [0.25, 0.3) is 0 Å². The van der Waals surface area contributed by atoms with E-state index in [0.717, 1.165) is 5.69 Å². The number of hydrogen-bond acceptors (Lipinski definition) is 8. The second-order valence-electron chi connectivity index (χ2n) is 5.89. The zero-order valence-electron chi connectivity index (χ0n) is 14.7. The topological polar surface area (TPSA) is 101 Å². The number of nitrogens with zero attached hydrogens (tertiary/aromatic N) is 3. The number of thioether (sulfide) groups is 1. The molecule has 2 aromatic rings. The fourth-order valence-corrected chi connectivity index (χ4v) is 4.55. The molecule has 0 bridgehead atoms. The lowest BCUT2D eigenvalue weighted by atomic mass is 10.1. The number of hydrogen-bond donors (Lipinski definition) is 1. The molecule has 142 valence electrons. The summed E-state index contributed by atoms with van der Waals surface area (Å²) in [5, 5.41) is 10.5. The molecule has 1 N–H and O–H groups in total. The molecule has 0 aliphatic carbocycles. The predicted molar refractivity (Wildman–Crippen MR) is 103 cm³/mol. The summed E-state index contributed by atoms with van der Waals surface area (Å²) in [6, 6.07) is 9.27. The lowest BCUT2D eigenvalue weighted by Gasteiger charge is -2.16. The van der Waals surface area contributed by atoms with Crippen LogP contribution < -0.4 is 10.2 Å². The molecule has 0 saturated carbocycles. The lowest BCUT2D eigenvalue weighted by molar-refractivity contribution is -0.139. The van der Waals surface area contributed by atoms with Crippen LogP contribution in [0, 0.1) is 5.92 Å². The van der Waals surface area contributed by atoms with Gasteiger partial charge < -0.3 is 15.0 Å². The molecule has 1 saturated heterocycles. The molecule has 0 radical (unpaired) electrons. The van der Waals surface area contributed by atoms with Crippen molar-refractivity contribution in [2.75, 3.05) is 23.9 Å². The first-order chi connectivity index (χ1) is 13.0. The van der Waals surface area contributed by atoms with Crippen molar-refractivity contribution in [2.45, 2.75) is 22.9 Å². The maximum atomic E-state index is 12.5. The lowest BCUT2D eigenvalue weighted by Crippen LogP contribution is -2.28. The Morgan fingerprint density at radius 3 is 2.78 bits per heavy atom. The van der Waals surface area contributed by atoms with Gasteiger partial charge in [-0.05, 0) is 19.1 Å². The Kier molecular flexibility index (Phi) is 6.07. The predicted octanol–water partition coefficient (Wildman–Crippen LogP) is 2.18. The summed E-state index contributed by atoms with van der Waals surface area (Å²) in [6.07, 6.45) is 0.153. The Labute approximate surface area is 164 Å². The van der Waals surface area contributed by atoms with Crippen molar-refractivity contribution in [2.24, 2.45) is 5.92 Å². The van der Waals surface area contributed by atoms with E-state index in [1.807, 2.05) is 30.3 Å². The maximum Gasteiger partial charge on any atom is 0.318 e. The number of carbonyl (C=O) groups is 3. The summed E-state index contributed by atoms with van der Waals surface area (Å²) in [4.78, 5) is 37.8. The van der Waals surface area contributed by atoms with E-state index in [4.69, 9.17) is 0 Å². The van der Waals surface area contributed by atoms with Crippen molar-refractivity contribution in [3.05, 3.63) is 30.3 Å². The van der Waals surface area contributed by atoms with Crippen LogP contribution in [0.15, 0.2) is 34.7 Å². The molecule has 1 aromatic heterocycles. The van der Waals surface area contributed by atoms with Gasteiger partial charge in [-0.15, -0.1) is 10.2 Å². The average Bonchev–Trinajstić information content (AvgIpc) is 3.28. The first kappa shape index (κ1) is 19.3. The van der Waals surface area contributed by atoms with Crippen LogP contribution in [-0.2, 0) is 19.1 Å². The number of carbonyl (C=O) groups excluding carboxylic acids is 3. The molecule has 3 rings (SSSR count). The Morgan fingerprint density at radius 2 is 2.07 bits per heavy atom. The number of rotatable bonds is 6. The van der Waals surface area contributed by atoms with Crippen molar-refractivity contribution >= 4 is 51.7 Å². The number of aromatic nitrogens is 2. The quantitative estimate of drug-likeness (QED) is 0.446. The number of anilines is 2. The van der Waals surface area contributed by atoms with Gasteiger partial charge in [0.05, 0.1) is 13.0 Å². The smallest absolute Gasteiger partial charge is 0.318 e. The van der Waals surface area contributed by atoms with Crippen molar-refractivity contribution in [1.29, 1.82) is 0 Å². The van der Waals surface area contributed by atoms with Gasteiger partial charge in [-0.1, -0.05) is 41.3 Å². The summed E-state index contributed by atoms with van der Waals surface area (Å²) in [5.41, 5.74) is 0.782. The number of para-hydroxylation sites is 1. The zero-order valence-corrected chi connectivity index (χ0v) is 16.4. The van der Waals surface area contributed by atoms with E-state index < -0.39 is 11.2 Å². The van der Waals surface area contributed by atoms with Gasteiger partial charge in [0.1, 0.15) is 5.25 Å². The van der Waals surface area contributed by atoms with Crippen LogP contribution in [0.4, 0.5) is 10.8 Å². The normalized spacial score (nSPS) is 17.6. The van der Waals surface area contributed by atoms with Gasteiger partial charge in [-0.3, -0.25) is 14.4 Å². The van der Waals surface area contributed by atoms with Crippen molar-refractivity contribution in [3.8, 4) is 0 Å². The van der Waals surface area contributed by atoms with Gasteiger partial charge in [0, 0.05) is 18.7 Å². The first-order valence-corrected chi connectivity index (χ1v) is 9.92. The van der Waals surface area contributed by atoms with E-state index in [2.05, 4.69) is 20.3 Å². The third-order valence-electron chi connectivity index (χ3n) is 4.01. The molecule has 1 fully saturated rings. The maximum absolute atomic E-state index is 12.5. The molecule has 2 heterocycles. The average molecular weight is 406 g/mol. The third kappa shape index (κ3) is 4.64. The molecule has 27 heavy (non-hydrogen) atoms. The number of methoxy groups -OCH3 is 1. The largest absolute Gasteiger partial charge is 0.468 e. The van der Waals surface area contributed by atoms with Gasteiger partial charge in [0.15, 0.2) is 4.34 Å². The van der Waals surface area contributed by atoms with Crippen LogP contribution in [-0.4, -0.2) is 46.9 Å². The molecule has 1 aliphatic heterocycles. The fraction of sp³-hybridized carbons (Fsp3) is 0.353. The zero-order chi connectivity index (χ0) is 19.4. The molecule has 8 nitrogen and oxygen atoms in total. The monoisotopic (exact) mass is 406 g/mol. The second kappa shape index (κ2) is 8.49. The Hall–Kier alpha value is -2.46. The van der Waals surface area contributed by atoms with Gasteiger partial charge in [0.2, 0.25) is 16.9 Å². The summed E-state index contributed by atoms with van der Waals surface area (Å²) in [5.74, 6) is -1.16. The van der Waals surface area contributed by atoms with Crippen molar-refractivity contribution < 1.29 is 19.1 Å². The second-order valence-corrected chi connectivity index (χ2v) is 8.45. The Balaban J connectivity index is 1.58. The van der Waals surface area contributed by atoms with E-state index in [9.17, 15) is 14.4 Å². The minimum atomic E-state index is -0.452. The highest BCUT2D eigenvalue weighted by Crippen LogP contribution is 2.30. The molecule has 2 atom stereocenters. The fourth-order valence-electron chi connectivity index (χ4n) is 2.62. The van der Waals surface area contributed by atoms with Crippen molar-refractivity contribution in [1.82, 2.24) is 10.2 Å². The van der Waals surface area contributed by atoms with Crippen molar-refractivity contribution in [3.63, 3.8) is 0 Å². The molecular weight excluding hydrogens is 388 g/mol. The molecule has 1 aliphatic rings. The molecular formula is C17H18N4O4S2. The van der Waals surface area contributed by atoms with Crippen LogP contribution in [0.1, 0.15) is 13.3 Å². The first-order valence-electron chi connectivity index (χ1n) is 8.22. The number of esters is 1. The summed E-state index contributed by atoms with van der Waals surface area (Å²) >= 11 is 2.39. The highest BCUT2D eigenvalue weighted by Gasteiger charge is 2.35. The molecule has 1 aromatic carbocycles. The number of ether oxygens (including phenoxy) is 1. The number of amides is 2. The van der Waals surface area contributed by atoms with Crippen LogP contribution >= 0.6 is 23.1 Å². The van der Waals surface area contributed by atoms with Crippen LogP contribution in [0.2, 0.25) is 0 Å². The van der Waals surface area contributed by atoms with E-state index >= 15 is 0 Å². The number of nitrogens with one attached hydrogen (secondary N) is 1. The SMILES string of the molecule is COC(=O)[C@@H](C)Sc1nnc(NC(=O)[C@@H]2CC(=O)N(c3ccccc3)C2)s1. The summed E-state index contributed by atoms with van der Waals surface area (Å²) < 4.78 is 5.22. The number of benzene rings is 1. The van der Waals surface area contributed by atoms with Gasteiger partial charge in [0.25, 0.3) is 0 Å². The van der Waals surface area contributed by atoms with Crippen LogP contribution in [0.5, 0.6) is 0 Å². The Morgan fingerprint density at radius 1 is 1.33 bits per heavy atom. The van der Waals surface area contributed by atoms with Crippen LogP contribution in [0.3, 0.4) is 0 Å². The van der Waals surface area contributed by atoms with Gasteiger partial charge in [-0.25, -0.2) is 0 Å². The summed E-state index contributed by atoms with van der Waals surface area (Å²) in [7, 11) is 1.33. The standard InChI is InChI=1S/C17H18N4O4S2/c1-10(15(24)25-2)26-17-20-19-16(27-17)18-14(23)11-8-13(22)21(9-11)12-6-4-3-5-7-12/h3-7,10-11H,8-9H2,1-2H3,(H,18,19,23)/t10-,11-/m1/s1. The van der Waals surface area contributed by atoms with E-state index in [0.29, 0.717) is 16.0 Å². The molecule has 2 amide bonds. The molecule has 0 unspecified atom stereocenters. The van der Waals surface area contributed by atoms with E-state index in [1.54, 1.807) is 11.8 Å². The minimum Gasteiger partial charge on any atom is -0.468 e. The highest BCUT2D eigenvalue weighted by molar-refractivity contribution is 8.02. The molecule has 0 spiro atoms. The van der Waals surface area contributed by atoms with Gasteiger partial charge in [-0.2, -0.15) is 0 Å². The van der Waals surface area contributed by atoms with E-state index in [1.165, 1.54) is 30.2 Å². The van der Waals surface area contributed by atoms with Gasteiger partial charge >= 0.3 is 5.97 Å². The summed E-state index contributed by atoms with van der Waals surface area (Å²) in [6.45, 7) is 2.03. The minimum absolute atomic E-state index is 0.0817. The molecule has 10 heteroatoms. The van der Waals surface area contributed by atoms with E-state index in [-0.39, 0.29) is 24.2 Å². The Bertz CT molecular complexity index is 842. The third-order valence-corrected chi connectivity index (χ3v) is 6.01.